The Hall–Kier alpha value is -2.29. The molecular weight excluding hydrogens is 364 g/mol. The smallest absolute Gasteiger partial charge is 0.251 e. The van der Waals surface area contributed by atoms with Crippen molar-refractivity contribution in [2.45, 2.75) is 30.3 Å². The quantitative estimate of drug-likeness (QED) is 0.780. The minimum atomic E-state index is -3.63. The summed E-state index contributed by atoms with van der Waals surface area (Å²) in [6.45, 7) is 2.35. The number of rotatable bonds is 6. The van der Waals surface area contributed by atoms with Crippen molar-refractivity contribution in [3.63, 3.8) is 0 Å². The van der Waals surface area contributed by atoms with Crippen LogP contribution in [0.3, 0.4) is 0 Å². The second-order valence-corrected chi connectivity index (χ2v) is 8.37. The first-order valence-corrected chi connectivity index (χ1v) is 10.4. The van der Waals surface area contributed by atoms with E-state index in [2.05, 4.69) is 19.9 Å². The van der Waals surface area contributed by atoms with Gasteiger partial charge in [0.15, 0.2) is 0 Å². The fraction of sp³-hybridized carbons (Fsp3) is 0.368. The van der Waals surface area contributed by atoms with Gasteiger partial charge in [-0.2, -0.15) is 0 Å². The van der Waals surface area contributed by atoms with Gasteiger partial charge in [0.1, 0.15) is 0 Å². The highest BCUT2D eigenvalue weighted by Gasteiger charge is 2.25. The summed E-state index contributed by atoms with van der Waals surface area (Å²) in [5.41, 5.74) is 1.54. The highest BCUT2D eigenvalue weighted by atomic mass is 32.2. The molecule has 144 valence electrons. The van der Waals surface area contributed by atoms with Crippen LogP contribution in [0.15, 0.2) is 53.7 Å². The first kappa shape index (κ1) is 19.5. The van der Waals surface area contributed by atoms with Crippen molar-refractivity contribution < 1.29 is 13.2 Å². The number of carbonyl (C=O) groups excluding carboxylic acids is 1. The van der Waals surface area contributed by atoms with E-state index in [9.17, 15) is 13.2 Å². The van der Waals surface area contributed by atoms with E-state index in [0.717, 1.165) is 31.5 Å². The SMILES string of the molecule is CNC(=O)c1ccc(S(=O)(=O)NC2CCCN(Cc3cccnc3)C2)cc1. The normalized spacial score (nSPS) is 18.2. The predicted molar refractivity (Wildman–Crippen MR) is 103 cm³/mol. The number of amides is 1. The fourth-order valence-corrected chi connectivity index (χ4v) is 4.52. The number of sulfonamides is 1. The molecule has 0 radical (unpaired) electrons. The molecule has 1 fully saturated rings. The number of aromatic nitrogens is 1. The van der Waals surface area contributed by atoms with Gasteiger partial charge in [0.25, 0.3) is 5.91 Å². The van der Waals surface area contributed by atoms with Crippen LogP contribution in [-0.2, 0) is 16.6 Å². The van der Waals surface area contributed by atoms with Crippen LogP contribution in [0, 0.1) is 0 Å². The molecule has 1 aliphatic heterocycles. The van der Waals surface area contributed by atoms with E-state index in [1.807, 2.05) is 18.3 Å². The summed E-state index contributed by atoms with van der Waals surface area (Å²) in [6.07, 6.45) is 5.32. The average molecular weight is 388 g/mol. The molecule has 8 heteroatoms. The number of likely N-dealkylation sites (tertiary alicyclic amines) is 1. The summed E-state index contributed by atoms with van der Waals surface area (Å²) in [7, 11) is -2.09. The highest BCUT2D eigenvalue weighted by molar-refractivity contribution is 7.89. The van der Waals surface area contributed by atoms with Gasteiger partial charge in [0, 0.05) is 44.1 Å². The van der Waals surface area contributed by atoms with Crippen molar-refractivity contribution in [3.05, 3.63) is 59.9 Å². The van der Waals surface area contributed by atoms with Crippen LogP contribution in [0.4, 0.5) is 0 Å². The Morgan fingerprint density at radius 3 is 2.70 bits per heavy atom. The average Bonchev–Trinajstić information content (AvgIpc) is 2.68. The Labute approximate surface area is 159 Å². The summed E-state index contributed by atoms with van der Waals surface area (Å²) < 4.78 is 28.2. The number of hydrogen-bond acceptors (Lipinski definition) is 5. The molecule has 3 rings (SSSR count). The largest absolute Gasteiger partial charge is 0.355 e. The molecule has 0 bridgehead atoms. The molecule has 7 nitrogen and oxygen atoms in total. The van der Waals surface area contributed by atoms with E-state index < -0.39 is 10.0 Å². The second-order valence-electron chi connectivity index (χ2n) is 6.66. The van der Waals surface area contributed by atoms with Crippen molar-refractivity contribution in [2.24, 2.45) is 0 Å². The van der Waals surface area contributed by atoms with Crippen molar-refractivity contribution in [2.75, 3.05) is 20.1 Å². The number of hydrogen-bond donors (Lipinski definition) is 2. The van der Waals surface area contributed by atoms with Crippen molar-refractivity contribution >= 4 is 15.9 Å². The summed E-state index contributed by atoms with van der Waals surface area (Å²) in [5, 5.41) is 2.52. The molecule has 1 unspecified atom stereocenters. The van der Waals surface area contributed by atoms with E-state index in [4.69, 9.17) is 0 Å². The first-order valence-electron chi connectivity index (χ1n) is 8.93. The number of nitrogens with zero attached hydrogens (tertiary/aromatic N) is 2. The van der Waals surface area contributed by atoms with E-state index in [-0.39, 0.29) is 16.8 Å². The molecule has 1 atom stereocenters. The zero-order valence-electron chi connectivity index (χ0n) is 15.3. The van der Waals surface area contributed by atoms with Crippen molar-refractivity contribution in [1.82, 2.24) is 19.9 Å². The Bertz CT molecular complexity index is 870. The van der Waals surface area contributed by atoms with Gasteiger partial charge in [-0.25, -0.2) is 13.1 Å². The topological polar surface area (TPSA) is 91.4 Å². The van der Waals surface area contributed by atoms with Gasteiger partial charge in [0.2, 0.25) is 10.0 Å². The number of nitrogens with one attached hydrogen (secondary N) is 2. The molecule has 1 amide bonds. The molecule has 1 saturated heterocycles. The maximum atomic E-state index is 12.7. The lowest BCUT2D eigenvalue weighted by molar-refractivity contribution is 0.0963. The third-order valence-electron chi connectivity index (χ3n) is 4.61. The second kappa shape index (κ2) is 8.60. The third kappa shape index (κ3) is 5.12. The van der Waals surface area contributed by atoms with Crippen LogP contribution >= 0.6 is 0 Å². The summed E-state index contributed by atoms with van der Waals surface area (Å²) >= 11 is 0. The van der Waals surface area contributed by atoms with Crippen molar-refractivity contribution in [3.8, 4) is 0 Å². The van der Waals surface area contributed by atoms with Gasteiger partial charge in [0.05, 0.1) is 4.90 Å². The fourth-order valence-electron chi connectivity index (χ4n) is 3.26. The van der Waals surface area contributed by atoms with Gasteiger partial charge in [-0.1, -0.05) is 6.07 Å². The molecule has 0 spiro atoms. The molecule has 1 aromatic carbocycles. The lowest BCUT2D eigenvalue weighted by Crippen LogP contribution is -2.47. The Kier molecular flexibility index (Phi) is 6.20. The van der Waals surface area contributed by atoms with E-state index >= 15 is 0 Å². The zero-order chi connectivity index (χ0) is 19.3. The minimum Gasteiger partial charge on any atom is -0.355 e. The van der Waals surface area contributed by atoms with Crippen LogP contribution in [0.2, 0.25) is 0 Å². The summed E-state index contributed by atoms with van der Waals surface area (Å²) in [4.78, 5) is 18.1. The zero-order valence-corrected chi connectivity index (χ0v) is 16.1. The van der Waals surface area contributed by atoms with Gasteiger partial charge in [-0.15, -0.1) is 0 Å². The molecule has 2 aromatic rings. The molecule has 1 aliphatic rings. The third-order valence-corrected chi connectivity index (χ3v) is 6.15. The van der Waals surface area contributed by atoms with Gasteiger partial charge in [-0.3, -0.25) is 14.7 Å². The van der Waals surface area contributed by atoms with E-state index in [1.54, 1.807) is 6.20 Å². The highest BCUT2D eigenvalue weighted by Crippen LogP contribution is 2.17. The maximum absolute atomic E-state index is 12.7. The van der Waals surface area contributed by atoms with E-state index in [1.165, 1.54) is 31.3 Å². The standard InChI is InChI=1S/C19H24N4O3S/c1-20-19(24)16-6-8-18(9-7-16)27(25,26)22-17-5-3-11-23(14-17)13-15-4-2-10-21-12-15/h2,4,6-10,12,17,22H,3,5,11,13-14H2,1H3,(H,20,24). The summed E-state index contributed by atoms with van der Waals surface area (Å²) in [5.74, 6) is -0.245. The maximum Gasteiger partial charge on any atom is 0.251 e. The van der Waals surface area contributed by atoms with Crippen LogP contribution < -0.4 is 10.0 Å². The molecule has 1 aromatic heterocycles. The Morgan fingerprint density at radius 1 is 1.26 bits per heavy atom. The summed E-state index contributed by atoms with van der Waals surface area (Å²) in [6, 6.07) is 9.74. The minimum absolute atomic E-state index is 0.140. The van der Waals surface area contributed by atoms with Gasteiger partial charge >= 0.3 is 0 Å². The number of pyridine rings is 1. The number of benzene rings is 1. The monoisotopic (exact) mass is 388 g/mol. The van der Waals surface area contributed by atoms with Crippen LogP contribution in [-0.4, -0.2) is 50.4 Å². The molecule has 2 N–H and O–H groups in total. The molecule has 27 heavy (non-hydrogen) atoms. The van der Waals surface area contributed by atoms with Gasteiger partial charge in [-0.05, 0) is 55.3 Å². The molecule has 2 heterocycles. The Balaban J connectivity index is 1.63. The molecule has 0 aliphatic carbocycles. The van der Waals surface area contributed by atoms with E-state index in [0.29, 0.717) is 12.1 Å². The van der Waals surface area contributed by atoms with Crippen LogP contribution in [0.1, 0.15) is 28.8 Å². The first-order chi connectivity index (χ1) is 13.0. The van der Waals surface area contributed by atoms with Crippen molar-refractivity contribution in [1.29, 1.82) is 0 Å². The number of carbonyl (C=O) groups is 1. The number of piperidine rings is 1. The molecule has 0 saturated carbocycles. The lowest BCUT2D eigenvalue weighted by atomic mass is 10.1. The Morgan fingerprint density at radius 2 is 2.04 bits per heavy atom. The molecular formula is C19H24N4O3S. The van der Waals surface area contributed by atoms with Crippen LogP contribution in [0.25, 0.3) is 0 Å². The lowest BCUT2D eigenvalue weighted by Gasteiger charge is -2.32. The predicted octanol–water partition coefficient (Wildman–Crippen LogP) is 1.38. The van der Waals surface area contributed by atoms with Crippen LogP contribution in [0.5, 0.6) is 0 Å². The van der Waals surface area contributed by atoms with Gasteiger partial charge < -0.3 is 5.32 Å².